The van der Waals surface area contributed by atoms with Gasteiger partial charge in [0, 0.05) is 38.4 Å². The lowest BCUT2D eigenvalue weighted by Gasteiger charge is -2.17. The van der Waals surface area contributed by atoms with Crippen molar-refractivity contribution in [2.75, 3.05) is 7.05 Å². The fraction of sp³-hybridized carbons (Fsp3) is 0.357. The van der Waals surface area contributed by atoms with E-state index in [2.05, 4.69) is 9.82 Å². The molecule has 0 saturated heterocycles. The zero-order valence-corrected chi connectivity index (χ0v) is 13.3. The van der Waals surface area contributed by atoms with E-state index in [0.717, 1.165) is 16.8 Å². The van der Waals surface area contributed by atoms with Crippen molar-refractivity contribution in [3.05, 3.63) is 53.3 Å². The molecule has 0 aliphatic carbocycles. The summed E-state index contributed by atoms with van der Waals surface area (Å²) >= 11 is 0. The highest BCUT2D eigenvalue weighted by Gasteiger charge is 2.18. The molecule has 0 fully saturated rings. The Morgan fingerprint density at radius 1 is 1.29 bits per heavy atom. The quantitative estimate of drug-likeness (QED) is 0.872. The largest absolute Gasteiger partial charge is 0.279 e. The summed E-state index contributed by atoms with van der Waals surface area (Å²) in [5, 5.41) is 4.10. The van der Waals surface area contributed by atoms with Gasteiger partial charge >= 0.3 is 0 Å². The molecule has 2 aromatic rings. The number of benzene rings is 1. The molecule has 0 radical (unpaired) electrons. The summed E-state index contributed by atoms with van der Waals surface area (Å²) in [5.41, 5.74) is 2.76. The highest BCUT2D eigenvalue weighted by molar-refractivity contribution is 7.87. The van der Waals surface area contributed by atoms with Gasteiger partial charge in [-0.3, -0.25) is 4.68 Å². The van der Waals surface area contributed by atoms with Crippen LogP contribution in [-0.4, -0.2) is 29.6 Å². The summed E-state index contributed by atoms with van der Waals surface area (Å²) in [6.07, 6.45) is 1.68. The maximum absolute atomic E-state index is 12.2. The summed E-state index contributed by atoms with van der Waals surface area (Å²) in [5.74, 6) is 0. The van der Waals surface area contributed by atoms with Gasteiger partial charge in [-0.05, 0) is 12.5 Å². The van der Waals surface area contributed by atoms with E-state index in [1.165, 1.54) is 4.31 Å². The zero-order valence-electron chi connectivity index (χ0n) is 12.4. The SMILES string of the molecule is Cc1c(CNS(=O)(=O)N(C)Cc2ccccc2)cnn1C. The highest BCUT2D eigenvalue weighted by atomic mass is 32.2. The lowest BCUT2D eigenvalue weighted by molar-refractivity contribution is 0.454. The average molecular weight is 308 g/mol. The topological polar surface area (TPSA) is 67.2 Å². The van der Waals surface area contributed by atoms with E-state index in [0.29, 0.717) is 6.54 Å². The summed E-state index contributed by atoms with van der Waals surface area (Å²) in [4.78, 5) is 0. The van der Waals surface area contributed by atoms with Gasteiger partial charge in [0.25, 0.3) is 10.2 Å². The number of rotatable bonds is 6. The van der Waals surface area contributed by atoms with Crippen LogP contribution in [0, 0.1) is 6.92 Å². The van der Waals surface area contributed by atoms with E-state index in [4.69, 9.17) is 0 Å². The Morgan fingerprint density at radius 2 is 1.95 bits per heavy atom. The van der Waals surface area contributed by atoms with Crippen molar-refractivity contribution in [2.24, 2.45) is 7.05 Å². The first-order valence-electron chi connectivity index (χ1n) is 6.62. The standard InChI is InChI=1S/C14H20N4O2S/c1-12-14(9-15-18(12)3)10-16-21(19,20)17(2)11-13-7-5-4-6-8-13/h4-9,16H,10-11H2,1-3H3. The molecule has 0 spiro atoms. The van der Waals surface area contributed by atoms with E-state index in [9.17, 15) is 8.42 Å². The van der Waals surface area contributed by atoms with Gasteiger partial charge in [-0.1, -0.05) is 30.3 Å². The van der Waals surface area contributed by atoms with Crippen LogP contribution in [0.25, 0.3) is 0 Å². The molecule has 7 heteroatoms. The van der Waals surface area contributed by atoms with E-state index in [1.807, 2.05) is 44.3 Å². The van der Waals surface area contributed by atoms with Crippen molar-refractivity contribution in [1.82, 2.24) is 18.8 Å². The molecule has 1 aromatic carbocycles. The smallest absolute Gasteiger partial charge is 0.273 e. The maximum Gasteiger partial charge on any atom is 0.279 e. The van der Waals surface area contributed by atoms with Crippen LogP contribution in [0.3, 0.4) is 0 Å². The molecule has 1 heterocycles. The minimum Gasteiger partial charge on any atom is -0.273 e. The molecule has 2 rings (SSSR count). The molecule has 1 aromatic heterocycles. The minimum absolute atomic E-state index is 0.237. The summed E-state index contributed by atoms with van der Waals surface area (Å²) < 4.78 is 30.0. The maximum atomic E-state index is 12.2. The molecule has 6 nitrogen and oxygen atoms in total. The molecule has 0 aliphatic heterocycles. The van der Waals surface area contributed by atoms with E-state index in [1.54, 1.807) is 17.9 Å². The number of hydrogen-bond acceptors (Lipinski definition) is 3. The van der Waals surface area contributed by atoms with Crippen LogP contribution in [0.1, 0.15) is 16.8 Å². The van der Waals surface area contributed by atoms with E-state index in [-0.39, 0.29) is 6.54 Å². The molecule has 0 amide bonds. The summed E-state index contributed by atoms with van der Waals surface area (Å²) in [6, 6.07) is 9.49. The lowest BCUT2D eigenvalue weighted by atomic mass is 10.2. The third-order valence-electron chi connectivity index (χ3n) is 3.44. The molecular formula is C14H20N4O2S. The van der Waals surface area contributed by atoms with Gasteiger partial charge in [0.05, 0.1) is 6.20 Å². The average Bonchev–Trinajstić information content (AvgIpc) is 2.78. The minimum atomic E-state index is -3.52. The second-order valence-corrected chi connectivity index (χ2v) is 6.81. The predicted octanol–water partition coefficient (Wildman–Crippen LogP) is 1.19. The first-order chi connectivity index (χ1) is 9.90. The monoisotopic (exact) mass is 308 g/mol. The van der Waals surface area contributed by atoms with Crippen molar-refractivity contribution in [2.45, 2.75) is 20.0 Å². The summed E-state index contributed by atoms with van der Waals surface area (Å²) in [7, 11) is -0.129. The van der Waals surface area contributed by atoms with Crippen LogP contribution in [0.4, 0.5) is 0 Å². The van der Waals surface area contributed by atoms with Gasteiger partial charge in [0.1, 0.15) is 0 Å². The van der Waals surface area contributed by atoms with E-state index < -0.39 is 10.2 Å². The molecule has 0 aliphatic rings. The first kappa shape index (κ1) is 15.7. The molecule has 21 heavy (non-hydrogen) atoms. The molecule has 0 unspecified atom stereocenters. The third-order valence-corrected chi connectivity index (χ3v) is 4.90. The van der Waals surface area contributed by atoms with Crippen molar-refractivity contribution in [1.29, 1.82) is 0 Å². The number of nitrogens with zero attached hydrogens (tertiary/aromatic N) is 3. The zero-order chi connectivity index (χ0) is 15.5. The van der Waals surface area contributed by atoms with Crippen LogP contribution < -0.4 is 4.72 Å². The van der Waals surface area contributed by atoms with Crippen LogP contribution in [0.2, 0.25) is 0 Å². The number of aromatic nitrogens is 2. The van der Waals surface area contributed by atoms with Crippen molar-refractivity contribution >= 4 is 10.2 Å². The highest BCUT2D eigenvalue weighted by Crippen LogP contribution is 2.08. The van der Waals surface area contributed by atoms with E-state index >= 15 is 0 Å². The van der Waals surface area contributed by atoms with Crippen LogP contribution in [0.15, 0.2) is 36.5 Å². The van der Waals surface area contributed by atoms with Crippen molar-refractivity contribution in [3.63, 3.8) is 0 Å². The fourth-order valence-electron chi connectivity index (χ4n) is 1.92. The number of hydrogen-bond donors (Lipinski definition) is 1. The Balaban J connectivity index is 1.99. The van der Waals surface area contributed by atoms with Crippen molar-refractivity contribution in [3.8, 4) is 0 Å². The second kappa shape index (κ2) is 6.38. The Morgan fingerprint density at radius 3 is 2.52 bits per heavy atom. The third kappa shape index (κ3) is 3.90. The van der Waals surface area contributed by atoms with Gasteiger partial charge in [-0.2, -0.15) is 22.5 Å². The Bertz CT molecular complexity index is 695. The Labute approximate surface area is 125 Å². The van der Waals surface area contributed by atoms with Gasteiger partial charge in [-0.15, -0.1) is 0 Å². The number of nitrogens with one attached hydrogen (secondary N) is 1. The molecule has 0 atom stereocenters. The van der Waals surface area contributed by atoms with Gasteiger partial charge < -0.3 is 0 Å². The first-order valence-corrected chi connectivity index (χ1v) is 8.06. The van der Waals surface area contributed by atoms with Gasteiger partial charge in [0.2, 0.25) is 0 Å². The molecule has 0 saturated carbocycles. The van der Waals surface area contributed by atoms with Crippen LogP contribution in [0.5, 0.6) is 0 Å². The van der Waals surface area contributed by atoms with Crippen LogP contribution in [-0.2, 0) is 30.3 Å². The molecule has 114 valence electrons. The second-order valence-electron chi connectivity index (χ2n) is 4.95. The predicted molar refractivity (Wildman–Crippen MR) is 81.6 cm³/mol. The lowest BCUT2D eigenvalue weighted by Crippen LogP contribution is -2.37. The molecular weight excluding hydrogens is 288 g/mol. The van der Waals surface area contributed by atoms with Gasteiger partial charge in [-0.25, -0.2) is 0 Å². The fourth-order valence-corrected chi connectivity index (χ4v) is 2.80. The van der Waals surface area contributed by atoms with Gasteiger partial charge in [0.15, 0.2) is 0 Å². The summed E-state index contributed by atoms with van der Waals surface area (Å²) in [6.45, 7) is 2.48. The Hall–Kier alpha value is -1.70. The Kier molecular flexibility index (Phi) is 4.76. The number of aryl methyl sites for hydroxylation is 1. The molecule has 1 N–H and O–H groups in total. The molecule has 0 bridgehead atoms. The normalized spacial score (nSPS) is 12.0. The van der Waals surface area contributed by atoms with Crippen LogP contribution >= 0.6 is 0 Å². The van der Waals surface area contributed by atoms with Crippen molar-refractivity contribution < 1.29 is 8.42 Å².